The molecule has 1 aromatic rings. The molecule has 4 nitrogen and oxygen atoms in total. The number of hydrogen-bond donors (Lipinski definition) is 1. The third-order valence-electron chi connectivity index (χ3n) is 3.13. The molecule has 0 bridgehead atoms. The van der Waals surface area contributed by atoms with Crippen LogP contribution in [0.5, 0.6) is 0 Å². The highest BCUT2D eigenvalue weighted by Gasteiger charge is 2.47. The van der Waals surface area contributed by atoms with Crippen molar-refractivity contribution >= 4 is 0 Å². The zero-order valence-electron chi connectivity index (χ0n) is 8.58. The van der Waals surface area contributed by atoms with Gasteiger partial charge >= 0.3 is 0 Å². The molecule has 0 saturated carbocycles. The van der Waals surface area contributed by atoms with E-state index >= 15 is 0 Å². The number of nitrogens with zero attached hydrogens (tertiary/aromatic N) is 2. The molecule has 3 rings (SSSR count). The minimum Gasteiger partial charge on any atom is -0.361 e. The molecule has 1 spiro atoms. The minimum absolute atomic E-state index is 0.0851. The molecule has 0 radical (unpaired) electrons. The van der Waals surface area contributed by atoms with Gasteiger partial charge in [0.1, 0.15) is 5.60 Å². The summed E-state index contributed by atoms with van der Waals surface area (Å²) < 4.78 is 8.15. The fraction of sp³-hybridized carbons (Fsp3) is 0.700. The molecular formula is C10H15N3O. The van der Waals surface area contributed by atoms with Crippen LogP contribution in [-0.2, 0) is 16.9 Å². The summed E-state index contributed by atoms with van der Waals surface area (Å²) >= 11 is 0. The van der Waals surface area contributed by atoms with Crippen molar-refractivity contribution in [3.63, 3.8) is 0 Å². The van der Waals surface area contributed by atoms with Crippen molar-refractivity contribution < 1.29 is 4.74 Å². The number of aromatic nitrogens is 2. The van der Waals surface area contributed by atoms with Gasteiger partial charge in [0.15, 0.2) is 0 Å². The molecular weight excluding hydrogens is 178 g/mol. The van der Waals surface area contributed by atoms with E-state index < -0.39 is 0 Å². The van der Waals surface area contributed by atoms with Crippen molar-refractivity contribution in [1.82, 2.24) is 15.1 Å². The lowest BCUT2D eigenvalue weighted by molar-refractivity contribution is -0.151. The second kappa shape index (κ2) is 2.58. The molecule has 1 unspecified atom stereocenters. The standard InChI is InChI=1S/C10H15N3O/c1-7-3-12-13-4-8(2)14-10(9(7)13)5-11-6-10/h3,8,11H,4-6H2,1-2H3. The number of hydrogen-bond acceptors (Lipinski definition) is 3. The smallest absolute Gasteiger partial charge is 0.135 e. The van der Waals surface area contributed by atoms with E-state index in [4.69, 9.17) is 4.74 Å². The van der Waals surface area contributed by atoms with E-state index in [9.17, 15) is 0 Å². The van der Waals surface area contributed by atoms with E-state index in [2.05, 4.69) is 28.9 Å². The highest BCUT2D eigenvalue weighted by molar-refractivity contribution is 5.28. The average Bonchev–Trinajstić information content (AvgIpc) is 2.44. The lowest BCUT2D eigenvalue weighted by Gasteiger charge is -2.47. The Labute approximate surface area is 83.2 Å². The van der Waals surface area contributed by atoms with E-state index in [1.165, 1.54) is 11.3 Å². The number of fused-ring (bicyclic) bond motifs is 2. The first-order valence-corrected chi connectivity index (χ1v) is 5.13. The van der Waals surface area contributed by atoms with Crippen molar-refractivity contribution in [2.75, 3.05) is 13.1 Å². The fourth-order valence-electron chi connectivity index (χ4n) is 2.54. The molecule has 2 aliphatic rings. The van der Waals surface area contributed by atoms with Gasteiger partial charge in [-0.25, -0.2) is 0 Å². The second-order valence-corrected chi connectivity index (χ2v) is 4.38. The lowest BCUT2D eigenvalue weighted by atomic mass is 9.88. The molecule has 1 N–H and O–H groups in total. The largest absolute Gasteiger partial charge is 0.361 e. The van der Waals surface area contributed by atoms with Crippen molar-refractivity contribution in [1.29, 1.82) is 0 Å². The lowest BCUT2D eigenvalue weighted by Crippen LogP contribution is -2.62. The Morgan fingerprint density at radius 1 is 1.64 bits per heavy atom. The Kier molecular flexibility index (Phi) is 1.56. The maximum absolute atomic E-state index is 6.05. The van der Waals surface area contributed by atoms with Gasteiger partial charge < -0.3 is 10.1 Å². The van der Waals surface area contributed by atoms with E-state index in [0.717, 1.165) is 19.6 Å². The molecule has 0 aliphatic carbocycles. The maximum Gasteiger partial charge on any atom is 0.135 e. The Hall–Kier alpha value is -0.870. The predicted octanol–water partition coefficient (Wildman–Crippen LogP) is 0.409. The summed E-state index contributed by atoms with van der Waals surface area (Å²) in [5.74, 6) is 0. The number of rotatable bonds is 0. The summed E-state index contributed by atoms with van der Waals surface area (Å²) in [4.78, 5) is 0. The van der Waals surface area contributed by atoms with Gasteiger partial charge in [-0.05, 0) is 19.4 Å². The van der Waals surface area contributed by atoms with Crippen LogP contribution in [0.1, 0.15) is 18.2 Å². The minimum atomic E-state index is -0.0851. The molecule has 0 amide bonds. The second-order valence-electron chi connectivity index (χ2n) is 4.38. The molecule has 2 aliphatic heterocycles. The molecule has 1 saturated heterocycles. The van der Waals surface area contributed by atoms with Gasteiger partial charge in [0, 0.05) is 13.1 Å². The van der Waals surface area contributed by atoms with Crippen molar-refractivity contribution in [2.24, 2.45) is 0 Å². The predicted molar refractivity (Wildman–Crippen MR) is 52.1 cm³/mol. The van der Waals surface area contributed by atoms with E-state index in [0.29, 0.717) is 0 Å². The highest BCUT2D eigenvalue weighted by Crippen LogP contribution is 2.36. The summed E-state index contributed by atoms with van der Waals surface area (Å²) in [7, 11) is 0. The van der Waals surface area contributed by atoms with Gasteiger partial charge in [-0.2, -0.15) is 5.10 Å². The van der Waals surface area contributed by atoms with Gasteiger partial charge in [0.05, 0.1) is 24.5 Å². The van der Waals surface area contributed by atoms with Crippen LogP contribution < -0.4 is 5.32 Å². The van der Waals surface area contributed by atoms with Crippen molar-refractivity contribution in [3.8, 4) is 0 Å². The SMILES string of the molecule is Cc1cnn2c1C1(CNC1)OC(C)C2. The first-order valence-electron chi connectivity index (χ1n) is 5.13. The van der Waals surface area contributed by atoms with Gasteiger partial charge in [0.2, 0.25) is 0 Å². The van der Waals surface area contributed by atoms with Gasteiger partial charge in [-0.1, -0.05) is 0 Å². The molecule has 14 heavy (non-hydrogen) atoms. The summed E-state index contributed by atoms with van der Waals surface area (Å²) in [6.07, 6.45) is 2.21. The zero-order chi connectivity index (χ0) is 9.76. The number of aryl methyl sites for hydroxylation is 1. The summed E-state index contributed by atoms with van der Waals surface area (Å²) in [5.41, 5.74) is 2.44. The average molecular weight is 193 g/mol. The molecule has 4 heteroatoms. The number of ether oxygens (including phenoxy) is 1. The summed E-state index contributed by atoms with van der Waals surface area (Å²) in [5, 5.41) is 7.68. The highest BCUT2D eigenvalue weighted by atomic mass is 16.5. The molecule has 0 aromatic carbocycles. The quantitative estimate of drug-likeness (QED) is 0.648. The van der Waals surface area contributed by atoms with E-state index in [1.807, 2.05) is 6.20 Å². The topological polar surface area (TPSA) is 39.1 Å². The summed E-state index contributed by atoms with van der Waals surface area (Å²) in [6.45, 7) is 6.94. The molecule has 1 atom stereocenters. The van der Waals surface area contributed by atoms with Crippen LogP contribution in [0.2, 0.25) is 0 Å². The van der Waals surface area contributed by atoms with Crippen LogP contribution >= 0.6 is 0 Å². The zero-order valence-corrected chi connectivity index (χ0v) is 8.58. The van der Waals surface area contributed by atoms with Crippen LogP contribution in [0.25, 0.3) is 0 Å². The third-order valence-corrected chi connectivity index (χ3v) is 3.13. The fourth-order valence-corrected chi connectivity index (χ4v) is 2.54. The Bertz CT molecular complexity index is 367. The van der Waals surface area contributed by atoms with Gasteiger partial charge in [-0.15, -0.1) is 0 Å². The van der Waals surface area contributed by atoms with Crippen LogP contribution in [-0.4, -0.2) is 29.0 Å². The molecule has 76 valence electrons. The van der Waals surface area contributed by atoms with Crippen LogP contribution in [0.15, 0.2) is 6.20 Å². The molecule has 3 heterocycles. The Morgan fingerprint density at radius 3 is 3.07 bits per heavy atom. The number of nitrogens with one attached hydrogen (secondary N) is 1. The molecule has 1 aromatic heterocycles. The van der Waals surface area contributed by atoms with Crippen LogP contribution in [0.3, 0.4) is 0 Å². The van der Waals surface area contributed by atoms with Crippen LogP contribution in [0.4, 0.5) is 0 Å². The van der Waals surface area contributed by atoms with Crippen LogP contribution in [0, 0.1) is 6.92 Å². The van der Waals surface area contributed by atoms with E-state index in [1.54, 1.807) is 0 Å². The van der Waals surface area contributed by atoms with Crippen molar-refractivity contribution in [3.05, 3.63) is 17.5 Å². The first-order chi connectivity index (χ1) is 6.71. The van der Waals surface area contributed by atoms with Gasteiger partial charge in [-0.3, -0.25) is 4.68 Å². The molecule has 1 fully saturated rings. The first kappa shape index (κ1) is 8.44. The third kappa shape index (κ3) is 0.925. The Morgan fingerprint density at radius 2 is 2.43 bits per heavy atom. The maximum atomic E-state index is 6.05. The normalized spacial score (nSPS) is 28.6. The van der Waals surface area contributed by atoms with Crippen molar-refractivity contribution in [2.45, 2.75) is 32.1 Å². The monoisotopic (exact) mass is 193 g/mol. The summed E-state index contributed by atoms with van der Waals surface area (Å²) in [6, 6.07) is 0. The van der Waals surface area contributed by atoms with E-state index in [-0.39, 0.29) is 11.7 Å². The van der Waals surface area contributed by atoms with Gasteiger partial charge in [0.25, 0.3) is 0 Å². The Balaban J connectivity index is 2.12.